The molecule has 0 amide bonds. The van der Waals surface area contributed by atoms with Crippen LogP contribution in [-0.4, -0.2) is 32.9 Å². The second kappa shape index (κ2) is 8.94. The van der Waals surface area contributed by atoms with Gasteiger partial charge in [-0.2, -0.15) is 0 Å². The van der Waals surface area contributed by atoms with E-state index < -0.39 is 5.97 Å². The number of para-hydroxylation sites is 1. The van der Waals surface area contributed by atoms with Crippen LogP contribution in [0.15, 0.2) is 35.5 Å². The third kappa shape index (κ3) is 3.99. The van der Waals surface area contributed by atoms with E-state index in [1.54, 1.807) is 17.5 Å². The number of rotatable bonds is 7. The Morgan fingerprint density at radius 1 is 1.24 bits per heavy atom. The number of esters is 1. The van der Waals surface area contributed by atoms with Crippen LogP contribution in [-0.2, 0) is 35.3 Å². The van der Waals surface area contributed by atoms with Gasteiger partial charge in [0.2, 0.25) is 5.78 Å². The first-order chi connectivity index (χ1) is 16.1. The van der Waals surface area contributed by atoms with Gasteiger partial charge in [-0.3, -0.25) is 19.0 Å². The minimum atomic E-state index is -0.517. The molecule has 0 radical (unpaired) electrons. The smallest absolute Gasteiger partial charge is 0.308 e. The Kier molecular flexibility index (Phi) is 5.85. The highest BCUT2D eigenvalue weighted by Crippen LogP contribution is 2.33. The molecule has 33 heavy (non-hydrogen) atoms. The monoisotopic (exact) mass is 463 g/mol. The predicted molar refractivity (Wildman–Crippen MR) is 128 cm³/mol. The summed E-state index contributed by atoms with van der Waals surface area (Å²) in [5, 5.41) is 1.53. The first-order valence-corrected chi connectivity index (χ1v) is 12.2. The molecule has 170 valence electrons. The Hall–Kier alpha value is -3.26. The number of ketones is 1. The summed E-state index contributed by atoms with van der Waals surface area (Å²) < 4.78 is 6.69. The van der Waals surface area contributed by atoms with Crippen LogP contribution >= 0.6 is 11.3 Å². The molecule has 1 aliphatic rings. The van der Waals surface area contributed by atoms with Crippen molar-refractivity contribution in [3.63, 3.8) is 0 Å². The van der Waals surface area contributed by atoms with Crippen LogP contribution in [0.3, 0.4) is 0 Å². The summed E-state index contributed by atoms with van der Waals surface area (Å²) in [7, 11) is 0. The van der Waals surface area contributed by atoms with Crippen LogP contribution in [0.1, 0.15) is 52.5 Å². The molecular weight excluding hydrogens is 438 g/mol. The first kappa shape index (κ1) is 21.6. The zero-order valence-corrected chi connectivity index (χ0v) is 19.3. The number of H-pyrrole nitrogens is 1. The lowest BCUT2D eigenvalue weighted by Crippen LogP contribution is -2.23. The lowest BCUT2D eigenvalue weighted by atomic mass is 9.97. The summed E-state index contributed by atoms with van der Waals surface area (Å²) in [6, 6.07) is 5.83. The minimum absolute atomic E-state index is 0.000564. The number of aromatic nitrogens is 3. The van der Waals surface area contributed by atoms with Gasteiger partial charge in [0.1, 0.15) is 4.83 Å². The van der Waals surface area contributed by atoms with Gasteiger partial charge in [0, 0.05) is 34.1 Å². The number of hydrogen-bond acceptors (Lipinski definition) is 6. The molecular formula is C25H25N3O4S. The second-order valence-corrected chi connectivity index (χ2v) is 9.45. The van der Waals surface area contributed by atoms with E-state index in [0.29, 0.717) is 10.9 Å². The number of benzene rings is 1. The maximum atomic E-state index is 13.0. The molecule has 0 fully saturated rings. The van der Waals surface area contributed by atoms with Crippen LogP contribution in [0.5, 0.6) is 0 Å². The van der Waals surface area contributed by atoms with Gasteiger partial charge in [-0.15, -0.1) is 11.3 Å². The second-order valence-electron chi connectivity index (χ2n) is 8.36. The quantitative estimate of drug-likeness (QED) is 0.328. The van der Waals surface area contributed by atoms with Gasteiger partial charge in [-0.25, -0.2) is 4.98 Å². The van der Waals surface area contributed by atoms with E-state index in [0.717, 1.165) is 59.0 Å². The lowest BCUT2D eigenvalue weighted by molar-refractivity contribution is -0.142. The maximum Gasteiger partial charge on any atom is 0.308 e. The summed E-state index contributed by atoms with van der Waals surface area (Å²) in [5.74, 6) is -0.773. The maximum absolute atomic E-state index is 13.0. The van der Waals surface area contributed by atoms with Gasteiger partial charge in [-0.05, 0) is 43.2 Å². The van der Waals surface area contributed by atoms with Crippen molar-refractivity contribution in [1.29, 1.82) is 0 Å². The molecule has 4 aromatic rings. The molecule has 1 N–H and O–H groups in total. The molecule has 0 saturated heterocycles. The zero-order chi connectivity index (χ0) is 22.9. The number of fused-ring (bicyclic) bond motifs is 4. The fourth-order valence-corrected chi connectivity index (χ4v) is 5.81. The average Bonchev–Trinajstić information content (AvgIpc) is 3.44. The highest BCUT2D eigenvalue weighted by molar-refractivity contribution is 7.18. The summed E-state index contributed by atoms with van der Waals surface area (Å²) in [6.07, 6.45) is 8.18. The highest BCUT2D eigenvalue weighted by Gasteiger charge is 2.20. The summed E-state index contributed by atoms with van der Waals surface area (Å²) in [4.78, 5) is 47.6. The van der Waals surface area contributed by atoms with Gasteiger partial charge >= 0.3 is 5.97 Å². The summed E-state index contributed by atoms with van der Waals surface area (Å²) >= 11 is 1.60. The van der Waals surface area contributed by atoms with Gasteiger partial charge in [-0.1, -0.05) is 25.1 Å². The molecule has 0 atom stereocenters. The average molecular weight is 464 g/mol. The fraction of sp³-hybridized carbons (Fsp3) is 0.360. The van der Waals surface area contributed by atoms with Crippen LogP contribution in [0.25, 0.3) is 21.1 Å². The fourth-order valence-electron chi connectivity index (χ4n) is 4.59. The van der Waals surface area contributed by atoms with E-state index in [1.165, 1.54) is 15.8 Å². The third-order valence-corrected chi connectivity index (χ3v) is 7.55. The van der Waals surface area contributed by atoms with E-state index in [9.17, 15) is 14.4 Å². The molecule has 0 saturated carbocycles. The number of ether oxygens (including phenoxy) is 1. The largest absolute Gasteiger partial charge is 0.457 e. The molecule has 0 spiro atoms. The van der Waals surface area contributed by atoms with Crippen molar-refractivity contribution < 1.29 is 14.3 Å². The van der Waals surface area contributed by atoms with Crippen molar-refractivity contribution >= 4 is 44.2 Å². The van der Waals surface area contributed by atoms with E-state index >= 15 is 0 Å². The topological polar surface area (TPSA) is 94.1 Å². The number of hydrogen-bond donors (Lipinski definition) is 1. The van der Waals surface area contributed by atoms with Crippen molar-refractivity contribution in [3.8, 4) is 0 Å². The van der Waals surface area contributed by atoms with Gasteiger partial charge in [0.05, 0.1) is 18.1 Å². The molecule has 0 bridgehead atoms. The normalized spacial score (nSPS) is 13.4. The van der Waals surface area contributed by atoms with E-state index in [1.807, 2.05) is 18.2 Å². The van der Waals surface area contributed by atoms with Crippen molar-refractivity contribution in [2.75, 3.05) is 6.61 Å². The number of carbonyl (C=O) groups is 2. The van der Waals surface area contributed by atoms with Crippen molar-refractivity contribution in [1.82, 2.24) is 14.5 Å². The van der Waals surface area contributed by atoms with E-state index in [-0.39, 0.29) is 30.9 Å². The van der Waals surface area contributed by atoms with Crippen molar-refractivity contribution in [2.24, 2.45) is 0 Å². The van der Waals surface area contributed by atoms with Crippen LogP contribution in [0.4, 0.5) is 0 Å². The Labute approximate surface area is 194 Å². The number of nitrogens with zero attached hydrogens (tertiary/aromatic N) is 2. The van der Waals surface area contributed by atoms with Crippen molar-refractivity contribution in [2.45, 2.75) is 52.0 Å². The number of aryl methyl sites for hydroxylation is 4. The Morgan fingerprint density at radius 2 is 2.09 bits per heavy atom. The molecule has 3 aromatic heterocycles. The molecule has 1 aromatic carbocycles. The van der Waals surface area contributed by atoms with Gasteiger partial charge in [0.25, 0.3) is 5.56 Å². The zero-order valence-electron chi connectivity index (χ0n) is 18.5. The Morgan fingerprint density at radius 3 is 2.94 bits per heavy atom. The SMILES string of the molecule is CCc1cccc2c(C(=O)COC(=O)CCn3cnc4sc5c(c4c3=O)CCCC5)c[nH]c12. The number of aromatic amines is 1. The molecule has 7 nitrogen and oxygen atoms in total. The van der Waals surface area contributed by atoms with Gasteiger partial charge < -0.3 is 9.72 Å². The molecule has 3 heterocycles. The van der Waals surface area contributed by atoms with Crippen molar-refractivity contribution in [3.05, 3.63) is 62.6 Å². The van der Waals surface area contributed by atoms with Gasteiger partial charge in [0.15, 0.2) is 6.61 Å². The van der Waals surface area contributed by atoms with E-state index in [4.69, 9.17) is 4.74 Å². The molecule has 8 heteroatoms. The number of Topliss-reactive ketones (excluding diaryl/α,β-unsaturated/α-hetero) is 1. The Balaban J connectivity index is 1.23. The molecule has 0 aliphatic heterocycles. The summed E-state index contributed by atoms with van der Waals surface area (Å²) in [5.41, 5.74) is 3.61. The Bertz CT molecular complexity index is 1430. The van der Waals surface area contributed by atoms with Crippen LogP contribution in [0.2, 0.25) is 0 Å². The number of thiophene rings is 1. The number of nitrogens with one attached hydrogen (secondary N) is 1. The molecule has 0 unspecified atom stereocenters. The predicted octanol–water partition coefficient (Wildman–Crippen LogP) is 4.20. The third-order valence-electron chi connectivity index (χ3n) is 6.35. The number of carbonyl (C=O) groups excluding carboxylic acids is 2. The highest BCUT2D eigenvalue weighted by atomic mass is 32.1. The standard InChI is InChI=1S/C25H25N3O4S/c1-2-15-6-5-8-16-18(12-26-23(15)16)19(29)13-32-21(30)10-11-28-14-27-24-22(25(28)31)17-7-3-4-9-20(17)33-24/h5-6,8,12,14,26H,2-4,7,9-11,13H2,1H3. The summed E-state index contributed by atoms with van der Waals surface area (Å²) in [6.45, 7) is 1.91. The molecule has 5 rings (SSSR count). The minimum Gasteiger partial charge on any atom is -0.457 e. The first-order valence-electron chi connectivity index (χ1n) is 11.3. The van der Waals surface area contributed by atoms with E-state index in [2.05, 4.69) is 16.9 Å². The van der Waals surface area contributed by atoms with Crippen LogP contribution in [0, 0.1) is 0 Å². The van der Waals surface area contributed by atoms with Crippen LogP contribution < -0.4 is 5.56 Å². The lowest BCUT2D eigenvalue weighted by Gasteiger charge is -2.10. The molecule has 1 aliphatic carbocycles.